The van der Waals surface area contributed by atoms with Gasteiger partial charge in [-0.3, -0.25) is 4.79 Å². The number of rotatable bonds is 8. The van der Waals surface area contributed by atoms with Gasteiger partial charge in [0.05, 0.1) is 13.2 Å². The van der Waals surface area contributed by atoms with Crippen LogP contribution in [0.5, 0.6) is 0 Å². The quantitative estimate of drug-likeness (QED) is 0.716. The average molecular weight is 278 g/mol. The lowest BCUT2D eigenvalue weighted by Gasteiger charge is -2.19. The van der Waals surface area contributed by atoms with Crippen LogP contribution >= 0.6 is 0 Å². The van der Waals surface area contributed by atoms with Crippen molar-refractivity contribution in [3.63, 3.8) is 0 Å². The first kappa shape index (κ1) is 16.7. The van der Waals surface area contributed by atoms with E-state index >= 15 is 0 Å². The van der Waals surface area contributed by atoms with Crippen LogP contribution in [0.2, 0.25) is 0 Å². The Bertz CT molecular complexity index is 385. The molecule has 4 nitrogen and oxygen atoms in total. The Morgan fingerprint density at radius 1 is 1.20 bits per heavy atom. The molecule has 1 rings (SSSR count). The van der Waals surface area contributed by atoms with E-state index in [-0.39, 0.29) is 11.4 Å². The number of nitrogens with one attached hydrogen (secondary N) is 2. The van der Waals surface area contributed by atoms with Crippen LogP contribution in [0.1, 0.15) is 32.8 Å². The van der Waals surface area contributed by atoms with E-state index < -0.39 is 0 Å². The molecule has 1 aromatic rings. The molecule has 0 unspecified atom stereocenters. The Morgan fingerprint density at radius 3 is 2.55 bits per heavy atom. The Hall–Kier alpha value is -1.39. The van der Waals surface area contributed by atoms with Crippen molar-refractivity contribution in [2.75, 3.05) is 19.7 Å². The summed E-state index contributed by atoms with van der Waals surface area (Å²) in [6.45, 7) is 8.41. The van der Waals surface area contributed by atoms with Crippen LogP contribution in [0.3, 0.4) is 0 Å². The van der Waals surface area contributed by atoms with Crippen LogP contribution in [0, 0.1) is 0 Å². The predicted molar refractivity (Wildman–Crippen MR) is 81.5 cm³/mol. The van der Waals surface area contributed by atoms with Crippen molar-refractivity contribution in [1.29, 1.82) is 0 Å². The first-order chi connectivity index (χ1) is 9.47. The van der Waals surface area contributed by atoms with Crippen LogP contribution in [0.25, 0.3) is 0 Å². The Kier molecular flexibility index (Phi) is 7.26. The molecule has 0 saturated heterocycles. The van der Waals surface area contributed by atoms with E-state index in [2.05, 4.69) is 10.6 Å². The monoisotopic (exact) mass is 278 g/mol. The summed E-state index contributed by atoms with van der Waals surface area (Å²) >= 11 is 0. The molecule has 112 valence electrons. The van der Waals surface area contributed by atoms with E-state index in [0.29, 0.717) is 26.3 Å². The maximum Gasteiger partial charge on any atom is 0.233 e. The maximum atomic E-state index is 11.5. The second kappa shape index (κ2) is 8.72. The van der Waals surface area contributed by atoms with Gasteiger partial charge in [0.25, 0.3) is 0 Å². The number of hydrogen-bond acceptors (Lipinski definition) is 3. The minimum Gasteiger partial charge on any atom is -0.377 e. The molecular formula is C16H26N2O2. The van der Waals surface area contributed by atoms with Crippen molar-refractivity contribution in [3.8, 4) is 0 Å². The van der Waals surface area contributed by atoms with E-state index in [1.54, 1.807) is 0 Å². The van der Waals surface area contributed by atoms with Crippen LogP contribution in [-0.2, 0) is 16.1 Å². The molecule has 0 heterocycles. The lowest BCUT2D eigenvalue weighted by atomic mass is 10.1. The summed E-state index contributed by atoms with van der Waals surface area (Å²) in [5, 5.41) is 6.02. The average Bonchev–Trinajstić information content (AvgIpc) is 2.41. The van der Waals surface area contributed by atoms with Gasteiger partial charge in [0.2, 0.25) is 5.91 Å². The highest BCUT2D eigenvalue weighted by Crippen LogP contribution is 2.00. The molecule has 20 heavy (non-hydrogen) atoms. The highest BCUT2D eigenvalue weighted by atomic mass is 16.5. The fourth-order valence-electron chi connectivity index (χ4n) is 1.57. The Labute approximate surface area is 121 Å². The Morgan fingerprint density at radius 2 is 1.90 bits per heavy atom. The Balaban J connectivity index is 1.98. The predicted octanol–water partition coefficient (Wildman–Crippen LogP) is 2.10. The van der Waals surface area contributed by atoms with Crippen molar-refractivity contribution in [1.82, 2.24) is 10.6 Å². The molecule has 0 spiro atoms. The van der Waals surface area contributed by atoms with Crippen molar-refractivity contribution in [2.45, 2.75) is 39.3 Å². The molecule has 0 atom stereocenters. The zero-order valence-electron chi connectivity index (χ0n) is 12.7. The summed E-state index contributed by atoms with van der Waals surface area (Å²) in [4.78, 5) is 11.5. The molecule has 0 aliphatic carbocycles. The highest BCUT2D eigenvalue weighted by Gasteiger charge is 2.10. The van der Waals surface area contributed by atoms with Gasteiger partial charge < -0.3 is 15.4 Å². The van der Waals surface area contributed by atoms with E-state index in [1.807, 2.05) is 51.1 Å². The molecule has 2 N–H and O–H groups in total. The smallest absolute Gasteiger partial charge is 0.233 e. The highest BCUT2D eigenvalue weighted by molar-refractivity contribution is 5.78. The lowest BCUT2D eigenvalue weighted by Crippen LogP contribution is -2.43. The fraction of sp³-hybridized carbons (Fsp3) is 0.562. The van der Waals surface area contributed by atoms with Crippen LogP contribution < -0.4 is 10.6 Å². The third-order valence-electron chi connectivity index (χ3n) is 2.68. The zero-order chi connectivity index (χ0) is 14.8. The molecular weight excluding hydrogens is 252 g/mol. The standard InChI is InChI=1S/C16H26N2O2/c1-16(2,3)18-12-15(19)17-10-7-11-20-13-14-8-5-4-6-9-14/h4-6,8-9,18H,7,10-13H2,1-3H3,(H,17,19). The molecule has 0 bridgehead atoms. The molecule has 0 aliphatic rings. The van der Waals surface area contributed by atoms with Gasteiger partial charge in [0.15, 0.2) is 0 Å². The molecule has 4 heteroatoms. The molecule has 0 aromatic heterocycles. The zero-order valence-corrected chi connectivity index (χ0v) is 12.7. The fourth-order valence-corrected chi connectivity index (χ4v) is 1.57. The SMILES string of the molecule is CC(C)(C)NCC(=O)NCCCOCc1ccccc1. The molecule has 0 fully saturated rings. The molecule has 1 amide bonds. The van der Waals surface area contributed by atoms with Crippen LogP contribution in [-0.4, -0.2) is 31.1 Å². The van der Waals surface area contributed by atoms with Gasteiger partial charge in [-0.1, -0.05) is 30.3 Å². The van der Waals surface area contributed by atoms with Gasteiger partial charge in [0.1, 0.15) is 0 Å². The van der Waals surface area contributed by atoms with E-state index in [0.717, 1.165) is 6.42 Å². The summed E-state index contributed by atoms with van der Waals surface area (Å²) < 4.78 is 5.55. The van der Waals surface area contributed by atoms with Crippen molar-refractivity contribution >= 4 is 5.91 Å². The molecule has 0 saturated carbocycles. The number of carbonyl (C=O) groups excluding carboxylic acids is 1. The van der Waals surface area contributed by atoms with E-state index in [4.69, 9.17) is 4.74 Å². The summed E-state index contributed by atoms with van der Waals surface area (Å²) in [6.07, 6.45) is 0.827. The summed E-state index contributed by atoms with van der Waals surface area (Å²) in [7, 11) is 0. The van der Waals surface area contributed by atoms with Gasteiger partial charge in [-0.15, -0.1) is 0 Å². The number of carbonyl (C=O) groups is 1. The van der Waals surface area contributed by atoms with Gasteiger partial charge in [-0.25, -0.2) is 0 Å². The van der Waals surface area contributed by atoms with E-state index in [1.165, 1.54) is 5.56 Å². The van der Waals surface area contributed by atoms with Crippen molar-refractivity contribution in [3.05, 3.63) is 35.9 Å². The minimum absolute atomic E-state index is 0.0305. The lowest BCUT2D eigenvalue weighted by molar-refractivity contribution is -0.120. The first-order valence-electron chi connectivity index (χ1n) is 7.11. The minimum atomic E-state index is -0.0316. The third-order valence-corrected chi connectivity index (χ3v) is 2.68. The van der Waals surface area contributed by atoms with Gasteiger partial charge in [-0.2, -0.15) is 0 Å². The van der Waals surface area contributed by atoms with Gasteiger partial charge in [-0.05, 0) is 32.8 Å². The topological polar surface area (TPSA) is 50.4 Å². The summed E-state index contributed by atoms with van der Waals surface area (Å²) in [5.41, 5.74) is 1.14. The van der Waals surface area contributed by atoms with Crippen LogP contribution in [0.15, 0.2) is 30.3 Å². The second-order valence-electron chi connectivity index (χ2n) is 5.85. The maximum absolute atomic E-state index is 11.5. The number of ether oxygens (including phenoxy) is 1. The van der Waals surface area contributed by atoms with E-state index in [9.17, 15) is 4.79 Å². The summed E-state index contributed by atoms with van der Waals surface area (Å²) in [6, 6.07) is 10.1. The number of hydrogen-bond donors (Lipinski definition) is 2. The molecule has 0 aliphatic heterocycles. The van der Waals surface area contributed by atoms with Crippen LogP contribution in [0.4, 0.5) is 0 Å². The third kappa shape index (κ3) is 8.67. The number of benzene rings is 1. The van der Waals surface area contributed by atoms with Crippen molar-refractivity contribution < 1.29 is 9.53 Å². The first-order valence-corrected chi connectivity index (χ1v) is 7.11. The van der Waals surface area contributed by atoms with Crippen molar-refractivity contribution in [2.24, 2.45) is 0 Å². The normalized spacial score (nSPS) is 11.3. The second-order valence-corrected chi connectivity index (χ2v) is 5.85. The largest absolute Gasteiger partial charge is 0.377 e. The molecule has 1 aromatic carbocycles. The van der Waals surface area contributed by atoms with Gasteiger partial charge >= 0.3 is 0 Å². The summed E-state index contributed by atoms with van der Waals surface area (Å²) in [5.74, 6) is 0.0305. The van der Waals surface area contributed by atoms with Gasteiger partial charge in [0, 0.05) is 18.7 Å². The molecule has 0 radical (unpaired) electrons. The number of amides is 1.